The maximum atomic E-state index is 12.8. The molecule has 0 fully saturated rings. The minimum Gasteiger partial charge on any atom is -0.323 e. The van der Waals surface area contributed by atoms with Gasteiger partial charge in [0, 0.05) is 16.0 Å². The Morgan fingerprint density at radius 2 is 2.14 bits per heavy atom. The highest BCUT2D eigenvalue weighted by atomic mass is 32.1. The highest BCUT2D eigenvalue weighted by molar-refractivity contribution is 7.71. The van der Waals surface area contributed by atoms with Crippen LogP contribution in [0, 0.1) is 4.77 Å². The summed E-state index contributed by atoms with van der Waals surface area (Å²) in [6.07, 6.45) is 3.13. The summed E-state index contributed by atoms with van der Waals surface area (Å²) in [5.41, 5.74) is 1.83. The highest BCUT2D eigenvalue weighted by Gasteiger charge is 2.21. The molecular weight excluding hydrogens is 326 g/mol. The molecule has 0 amide bonds. The van der Waals surface area contributed by atoms with Crippen molar-refractivity contribution in [3.8, 4) is 0 Å². The van der Waals surface area contributed by atoms with Gasteiger partial charge in [-0.05, 0) is 37.0 Å². The lowest BCUT2D eigenvalue weighted by atomic mass is 10.2. The van der Waals surface area contributed by atoms with E-state index in [0.717, 1.165) is 40.8 Å². The van der Waals surface area contributed by atoms with Crippen molar-refractivity contribution >= 4 is 45.1 Å². The van der Waals surface area contributed by atoms with Gasteiger partial charge in [-0.2, -0.15) is 0 Å². The molecule has 3 aromatic heterocycles. The van der Waals surface area contributed by atoms with Crippen LogP contribution in [0.4, 0.5) is 0 Å². The molecule has 1 aliphatic carbocycles. The molecule has 1 aliphatic rings. The number of hydrogen-bond acceptors (Lipinski definition) is 5. The second kappa shape index (κ2) is 4.75. The number of fused-ring (bicyclic) bond motifs is 3. The van der Waals surface area contributed by atoms with Crippen molar-refractivity contribution in [3.63, 3.8) is 0 Å². The fourth-order valence-electron chi connectivity index (χ4n) is 2.82. The molecule has 0 unspecified atom stereocenters. The van der Waals surface area contributed by atoms with Gasteiger partial charge >= 0.3 is 4.87 Å². The Balaban J connectivity index is 1.95. The highest BCUT2D eigenvalue weighted by Crippen LogP contribution is 2.34. The molecule has 21 heavy (non-hydrogen) atoms. The summed E-state index contributed by atoms with van der Waals surface area (Å²) in [7, 11) is 0. The lowest BCUT2D eigenvalue weighted by molar-refractivity contribution is 0.719. The van der Waals surface area contributed by atoms with Crippen molar-refractivity contribution in [1.29, 1.82) is 0 Å². The van der Waals surface area contributed by atoms with E-state index in [1.165, 1.54) is 15.0 Å². The van der Waals surface area contributed by atoms with Crippen molar-refractivity contribution < 1.29 is 0 Å². The Hall–Kier alpha value is -1.51. The first-order chi connectivity index (χ1) is 10.1. The number of H-pyrrole nitrogens is 2. The zero-order chi connectivity index (χ0) is 14.6. The zero-order valence-electron chi connectivity index (χ0n) is 10.9. The molecule has 3 heterocycles. The average molecular weight is 337 g/mol. The van der Waals surface area contributed by atoms with Crippen LogP contribution in [-0.2, 0) is 19.4 Å². The molecule has 0 aromatic carbocycles. The fourth-order valence-corrected chi connectivity index (χ4v) is 4.98. The molecule has 4 rings (SSSR count). The number of hydrogen-bond donors (Lipinski definition) is 2. The second-order valence-electron chi connectivity index (χ2n) is 5.06. The quantitative estimate of drug-likeness (QED) is 0.706. The number of rotatable bonds is 2. The lowest BCUT2D eigenvalue weighted by Gasteiger charge is -2.05. The van der Waals surface area contributed by atoms with Gasteiger partial charge in [-0.15, -0.1) is 11.3 Å². The number of nitrogens with one attached hydrogen (secondary N) is 2. The maximum absolute atomic E-state index is 12.8. The van der Waals surface area contributed by atoms with Crippen LogP contribution in [0.3, 0.4) is 0 Å². The van der Waals surface area contributed by atoms with E-state index < -0.39 is 0 Å². The number of nitrogens with zero attached hydrogens (tertiary/aromatic N) is 1. The maximum Gasteiger partial charge on any atom is 0.304 e. The first-order valence-electron chi connectivity index (χ1n) is 6.57. The Morgan fingerprint density at radius 3 is 2.90 bits per heavy atom. The molecule has 0 saturated heterocycles. The zero-order valence-corrected chi connectivity index (χ0v) is 13.3. The van der Waals surface area contributed by atoms with Gasteiger partial charge in [-0.1, -0.05) is 11.3 Å². The summed E-state index contributed by atoms with van der Waals surface area (Å²) in [6, 6.07) is 0. The van der Waals surface area contributed by atoms with Gasteiger partial charge in [0.15, 0.2) is 4.77 Å². The molecule has 0 bridgehead atoms. The van der Waals surface area contributed by atoms with E-state index in [1.807, 2.05) is 0 Å². The molecule has 0 aliphatic heterocycles. The van der Waals surface area contributed by atoms with E-state index in [2.05, 4.69) is 9.97 Å². The largest absolute Gasteiger partial charge is 0.323 e. The molecule has 108 valence electrons. The summed E-state index contributed by atoms with van der Waals surface area (Å²) in [4.78, 5) is 31.9. The minimum atomic E-state index is -0.120. The predicted octanol–water partition coefficient (Wildman–Crippen LogP) is 2.41. The van der Waals surface area contributed by atoms with Crippen LogP contribution in [0.5, 0.6) is 0 Å². The second-order valence-corrected chi connectivity index (χ2v) is 7.39. The van der Waals surface area contributed by atoms with E-state index in [1.54, 1.807) is 16.7 Å². The SMILES string of the molecule is O=c1[nH]c(Cn2c(=S)[nH]c3sc4c(c3c2=O)CCC4)cs1. The standard InChI is InChI=1S/C13H11N3O2S3/c17-11-9-7-2-1-3-8(7)21-10(9)15-12(19)16(11)4-6-5-20-13(18)14-6/h5H,1-4H2,(H,14,18)(H,15,19). The van der Waals surface area contributed by atoms with Crippen LogP contribution >= 0.6 is 34.9 Å². The fraction of sp³-hybridized carbons (Fsp3) is 0.308. The summed E-state index contributed by atoms with van der Waals surface area (Å²) >= 11 is 8.04. The summed E-state index contributed by atoms with van der Waals surface area (Å²) in [5.74, 6) is 0. The third kappa shape index (κ3) is 2.05. The van der Waals surface area contributed by atoms with Gasteiger partial charge in [0.05, 0.1) is 11.9 Å². The number of aromatic nitrogens is 3. The van der Waals surface area contributed by atoms with Gasteiger partial charge in [0.2, 0.25) is 0 Å². The molecule has 0 atom stereocenters. The molecule has 0 saturated carbocycles. The van der Waals surface area contributed by atoms with Crippen LogP contribution in [-0.4, -0.2) is 14.5 Å². The van der Waals surface area contributed by atoms with Gasteiger partial charge in [-0.3, -0.25) is 14.2 Å². The van der Waals surface area contributed by atoms with E-state index in [4.69, 9.17) is 12.2 Å². The van der Waals surface area contributed by atoms with Crippen LogP contribution < -0.4 is 10.4 Å². The number of thiophene rings is 1. The normalized spacial score (nSPS) is 13.9. The molecule has 2 N–H and O–H groups in total. The number of aryl methyl sites for hydroxylation is 2. The molecule has 3 aromatic rings. The van der Waals surface area contributed by atoms with Gasteiger partial charge in [0.25, 0.3) is 5.56 Å². The Bertz CT molecular complexity index is 1020. The summed E-state index contributed by atoms with van der Waals surface area (Å²) in [5, 5.41) is 2.50. The van der Waals surface area contributed by atoms with E-state index in [0.29, 0.717) is 17.0 Å². The first-order valence-corrected chi connectivity index (χ1v) is 8.68. The molecule has 8 heteroatoms. The Kier molecular flexibility index (Phi) is 2.98. The van der Waals surface area contributed by atoms with Crippen LogP contribution in [0.1, 0.15) is 22.6 Å². The van der Waals surface area contributed by atoms with E-state index in [9.17, 15) is 9.59 Å². The van der Waals surface area contributed by atoms with Gasteiger partial charge in [-0.25, -0.2) is 0 Å². The summed E-state index contributed by atoms with van der Waals surface area (Å²) in [6.45, 7) is 0.299. The lowest BCUT2D eigenvalue weighted by Crippen LogP contribution is -2.23. The van der Waals surface area contributed by atoms with Crippen molar-refractivity contribution in [3.05, 3.63) is 46.3 Å². The predicted molar refractivity (Wildman–Crippen MR) is 87.3 cm³/mol. The van der Waals surface area contributed by atoms with Crippen LogP contribution in [0.25, 0.3) is 10.2 Å². The smallest absolute Gasteiger partial charge is 0.304 e. The topological polar surface area (TPSA) is 70.7 Å². The average Bonchev–Trinajstić information content (AvgIpc) is 3.10. The van der Waals surface area contributed by atoms with Gasteiger partial charge in [0.1, 0.15) is 4.83 Å². The monoisotopic (exact) mass is 337 g/mol. The van der Waals surface area contributed by atoms with E-state index >= 15 is 0 Å². The molecule has 5 nitrogen and oxygen atoms in total. The third-order valence-corrected chi connectivity index (χ3v) is 5.99. The van der Waals surface area contributed by atoms with E-state index in [-0.39, 0.29) is 10.4 Å². The van der Waals surface area contributed by atoms with Crippen molar-refractivity contribution in [2.45, 2.75) is 25.8 Å². The minimum absolute atomic E-state index is 0.0554. The molecule has 0 spiro atoms. The van der Waals surface area contributed by atoms with Crippen molar-refractivity contribution in [2.24, 2.45) is 0 Å². The Morgan fingerprint density at radius 1 is 1.29 bits per heavy atom. The number of aromatic amines is 2. The third-order valence-electron chi connectivity index (χ3n) is 3.75. The summed E-state index contributed by atoms with van der Waals surface area (Å²) < 4.78 is 1.93. The number of thiazole rings is 1. The van der Waals surface area contributed by atoms with Gasteiger partial charge < -0.3 is 9.97 Å². The van der Waals surface area contributed by atoms with Crippen molar-refractivity contribution in [2.75, 3.05) is 0 Å². The Labute approximate surface area is 131 Å². The molecule has 0 radical (unpaired) electrons. The van der Waals surface area contributed by atoms with Crippen LogP contribution in [0.2, 0.25) is 0 Å². The molecular formula is C13H11N3O2S3. The first kappa shape index (κ1) is 13.2. The van der Waals surface area contributed by atoms with Crippen LogP contribution in [0.15, 0.2) is 15.0 Å². The van der Waals surface area contributed by atoms with Crippen molar-refractivity contribution in [1.82, 2.24) is 14.5 Å².